The third-order valence-electron chi connectivity index (χ3n) is 6.22. The smallest absolute Gasteiger partial charge is 0.248 e. The molecule has 5 rings (SSSR count). The summed E-state index contributed by atoms with van der Waals surface area (Å²) < 4.78 is 20.4. The number of alkyl halides is 1. The number of aromatic nitrogens is 3. The molecular formula is C23H24FN5O3. The number of anilines is 1. The van der Waals surface area contributed by atoms with Crippen LogP contribution in [0, 0.1) is 0 Å². The molecule has 0 unspecified atom stereocenters. The Morgan fingerprint density at radius 2 is 2.00 bits per heavy atom. The van der Waals surface area contributed by atoms with Gasteiger partial charge in [0.25, 0.3) is 0 Å². The summed E-state index contributed by atoms with van der Waals surface area (Å²) in [4.78, 5) is 24.9. The quantitative estimate of drug-likeness (QED) is 0.574. The van der Waals surface area contributed by atoms with E-state index in [0.717, 1.165) is 5.56 Å². The molecule has 3 aromatic rings. The zero-order valence-corrected chi connectivity index (χ0v) is 17.5. The summed E-state index contributed by atoms with van der Waals surface area (Å²) in [7, 11) is 1.83. The second kappa shape index (κ2) is 8.33. The van der Waals surface area contributed by atoms with Gasteiger partial charge in [0.15, 0.2) is 0 Å². The largest absolute Gasteiger partial charge is 0.507 e. The van der Waals surface area contributed by atoms with Crippen molar-refractivity contribution < 1.29 is 14.2 Å². The van der Waals surface area contributed by atoms with Crippen molar-refractivity contribution in [2.24, 2.45) is 0 Å². The highest BCUT2D eigenvalue weighted by atomic mass is 19.1. The van der Waals surface area contributed by atoms with Gasteiger partial charge in [0.2, 0.25) is 5.56 Å². The van der Waals surface area contributed by atoms with Gasteiger partial charge in [-0.2, -0.15) is 0 Å². The van der Waals surface area contributed by atoms with Crippen LogP contribution in [0.15, 0.2) is 53.7 Å². The number of aromatic hydroxyl groups is 1. The number of rotatable bonds is 4. The van der Waals surface area contributed by atoms with Gasteiger partial charge in [0, 0.05) is 30.9 Å². The van der Waals surface area contributed by atoms with Gasteiger partial charge >= 0.3 is 0 Å². The van der Waals surface area contributed by atoms with Crippen LogP contribution in [0.3, 0.4) is 0 Å². The lowest BCUT2D eigenvalue weighted by molar-refractivity contribution is -0.0175. The first-order valence-corrected chi connectivity index (χ1v) is 10.5. The number of piperidine rings is 1. The predicted octanol–water partition coefficient (Wildman–Crippen LogP) is 2.11. The van der Waals surface area contributed by atoms with E-state index >= 15 is 0 Å². The molecule has 0 radical (unpaired) electrons. The van der Waals surface area contributed by atoms with Crippen LogP contribution < -0.4 is 15.8 Å². The number of hydrogen-bond donors (Lipinski definition) is 3. The first-order chi connectivity index (χ1) is 15.5. The highest BCUT2D eigenvalue weighted by molar-refractivity contribution is 5.74. The summed E-state index contributed by atoms with van der Waals surface area (Å²) >= 11 is 0. The normalized spacial score (nSPS) is 24.8. The molecule has 9 heteroatoms. The lowest BCUT2D eigenvalue weighted by atomic mass is 9.90. The molecule has 1 aromatic carbocycles. The maximum Gasteiger partial charge on any atom is 0.248 e. The van der Waals surface area contributed by atoms with Crippen molar-refractivity contribution in [3.63, 3.8) is 0 Å². The molecule has 0 amide bonds. The lowest BCUT2D eigenvalue weighted by Crippen LogP contribution is -2.65. The first-order valence-electron chi connectivity index (χ1n) is 10.5. The zero-order chi connectivity index (χ0) is 22.2. The maximum atomic E-state index is 15.0. The van der Waals surface area contributed by atoms with Crippen LogP contribution in [0.2, 0.25) is 0 Å². The molecule has 0 aliphatic carbocycles. The van der Waals surface area contributed by atoms with Gasteiger partial charge < -0.3 is 25.0 Å². The van der Waals surface area contributed by atoms with Crippen LogP contribution in [-0.2, 0) is 4.74 Å². The summed E-state index contributed by atoms with van der Waals surface area (Å²) in [5, 5.41) is 13.8. The van der Waals surface area contributed by atoms with E-state index in [0.29, 0.717) is 42.3 Å². The number of fused-ring (bicyclic) bond motifs is 2. The molecule has 4 atom stereocenters. The number of phenols is 1. The van der Waals surface area contributed by atoms with E-state index in [9.17, 15) is 14.3 Å². The van der Waals surface area contributed by atoms with Crippen LogP contribution >= 0.6 is 0 Å². The number of nitrogens with zero attached hydrogens (tertiary/aromatic N) is 3. The Labute approximate surface area is 184 Å². The van der Waals surface area contributed by atoms with E-state index in [1.54, 1.807) is 36.8 Å². The van der Waals surface area contributed by atoms with Gasteiger partial charge in [-0.25, -0.2) is 9.37 Å². The van der Waals surface area contributed by atoms with Crippen LogP contribution in [0.4, 0.5) is 10.2 Å². The molecule has 8 nitrogen and oxygen atoms in total. The molecule has 2 fully saturated rings. The third kappa shape index (κ3) is 3.85. The fourth-order valence-corrected chi connectivity index (χ4v) is 4.48. The summed E-state index contributed by atoms with van der Waals surface area (Å²) in [6.45, 7) is 0.962. The van der Waals surface area contributed by atoms with Gasteiger partial charge in [0.1, 0.15) is 17.7 Å². The molecule has 0 spiro atoms. The summed E-state index contributed by atoms with van der Waals surface area (Å²) in [5.74, 6) is 0.607. The number of nitrogens with one attached hydrogen (secondary N) is 2. The number of ether oxygens (including phenoxy) is 1. The number of hydrogen-bond acceptors (Lipinski definition) is 7. The summed E-state index contributed by atoms with van der Waals surface area (Å²) in [6.07, 6.45) is 4.29. The average Bonchev–Trinajstić information content (AvgIpc) is 2.81. The molecule has 2 aliphatic rings. The van der Waals surface area contributed by atoms with E-state index < -0.39 is 6.17 Å². The number of benzene rings is 1. The predicted molar refractivity (Wildman–Crippen MR) is 118 cm³/mol. The Morgan fingerprint density at radius 1 is 1.16 bits per heavy atom. The van der Waals surface area contributed by atoms with Crippen molar-refractivity contribution in [3.05, 3.63) is 59.3 Å². The Hall–Kier alpha value is -3.30. The molecule has 2 bridgehead atoms. The van der Waals surface area contributed by atoms with Gasteiger partial charge in [-0.1, -0.05) is 6.07 Å². The van der Waals surface area contributed by atoms with E-state index in [1.165, 1.54) is 6.07 Å². The van der Waals surface area contributed by atoms with Gasteiger partial charge in [-0.15, -0.1) is 0 Å². The van der Waals surface area contributed by atoms with Crippen LogP contribution in [0.25, 0.3) is 22.4 Å². The van der Waals surface area contributed by atoms with Gasteiger partial charge in [0.05, 0.1) is 43.4 Å². The molecular weight excluding hydrogens is 413 g/mol. The molecule has 32 heavy (non-hydrogen) atoms. The Bertz CT molecular complexity index is 1170. The number of morpholine rings is 1. The first kappa shape index (κ1) is 20.6. The molecule has 2 saturated heterocycles. The molecule has 2 aromatic heterocycles. The number of halogens is 1. The second-order valence-electron chi connectivity index (χ2n) is 8.30. The van der Waals surface area contributed by atoms with Crippen LogP contribution in [0.5, 0.6) is 5.75 Å². The van der Waals surface area contributed by atoms with Crippen molar-refractivity contribution in [2.45, 2.75) is 30.7 Å². The Balaban J connectivity index is 1.36. The fraction of sp³-hybridized carbons (Fsp3) is 0.348. The SMILES string of the molecule is CN(c1cnc(-c2ccc(-c3cc[nH]c(=O)c3)cc2O)cn1)[C@@H]1C[C@H]2COC[C@H](N2)[C@@H]1F. The molecule has 4 heterocycles. The van der Waals surface area contributed by atoms with Gasteiger partial charge in [-0.05, 0) is 35.7 Å². The minimum atomic E-state index is -1.07. The van der Waals surface area contributed by atoms with Crippen molar-refractivity contribution >= 4 is 5.82 Å². The standard InChI is InChI=1S/C23H24FN5O3/c1-29(19-8-15-11-32-12-18(28-15)23(19)24)21-10-26-17(9-27-21)16-3-2-13(6-20(16)30)14-4-5-25-22(31)7-14/h2-7,9-10,15,18-19,23,28,30H,8,11-12H2,1H3,(H,25,31)/t15-,18-,19+,23-/m0/s1. The average molecular weight is 437 g/mol. The third-order valence-corrected chi connectivity index (χ3v) is 6.22. The minimum absolute atomic E-state index is 0.0354. The van der Waals surface area contributed by atoms with E-state index in [4.69, 9.17) is 4.74 Å². The fourth-order valence-electron chi connectivity index (χ4n) is 4.48. The van der Waals surface area contributed by atoms with Crippen molar-refractivity contribution in [3.8, 4) is 28.1 Å². The number of aromatic amines is 1. The van der Waals surface area contributed by atoms with E-state index in [-0.39, 0.29) is 29.4 Å². The van der Waals surface area contributed by atoms with Gasteiger partial charge in [-0.3, -0.25) is 9.78 Å². The molecule has 2 aliphatic heterocycles. The van der Waals surface area contributed by atoms with E-state index in [1.807, 2.05) is 18.0 Å². The molecule has 0 saturated carbocycles. The van der Waals surface area contributed by atoms with Crippen molar-refractivity contribution in [1.82, 2.24) is 20.3 Å². The van der Waals surface area contributed by atoms with Crippen molar-refractivity contribution in [1.29, 1.82) is 0 Å². The highest BCUT2D eigenvalue weighted by Gasteiger charge is 2.42. The summed E-state index contributed by atoms with van der Waals surface area (Å²) in [6, 6.07) is 7.90. The molecule has 3 N–H and O–H groups in total. The highest BCUT2D eigenvalue weighted by Crippen LogP contribution is 2.33. The Kier molecular flexibility index (Phi) is 5.36. The summed E-state index contributed by atoms with van der Waals surface area (Å²) in [5.41, 5.74) is 2.24. The number of phenolic OH excluding ortho intramolecular Hbond substituents is 1. The minimum Gasteiger partial charge on any atom is -0.507 e. The zero-order valence-electron chi connectivity index (χ0n) is 17.5. The van der Waals surface area contributed by atoms with E-state index in [2.05, 4.69) is 20.3 Å². The molecule has 166 valence electrons. The maximum absolute atomic E-state index is 15.0. The monoisotopic (exact) mass is 437 g/mol. The number of pyridine rings is 1. The van der Waals surface area contributed by atoms with Crippen LogP contribution in [-0.4, -0.2) is 64.6 Å². The second-order valence-corrected chi connectivity index (χ2v) is 8.30. The lowest BCUT2D eigenvalue weighted by Gasteiger charge is -2.45. The number of H-pyrrole nitrogens is 1. The van der Waals surface area contributed by atoms with Crippen LogP contribution in [0.1, 0.15) is 6.42 Å². The Morgan fingerprint density at radius 3 is 2.75 bits per heavy atom. The van der Waals surface area contributed by atoms with Crippen molar-refractivity contribution in [2.75, 3.05) is 25.2 Å². The topological polar surface area (TPSA) is 103 Å².